The third kappa shape index (κ3) is 2.81. The highest BCUT2D eigenvalue weighted by Crippen LogP contribution is 2.33. The molecular formula is C14H16O3. The molecule has 90 valence electrons. The van der Waals surface area contributed by atoms with Gasteiger partial charge in [-0.25, -0.2) is 0 Å². The Kier molecular flexibility index (Phi) is 4.07. The molecule has 0 aromatic rings. The standard InChI is InChI=1S/C14H16O3/c15-10-6-9-14(16-11-12-17-14)13-7-4-2-1-3-5-8-13/h1-5,7-8,10H,6,9,11-12H2/b2-1-,3-1?,4-2?,5-3-,7-4-,8-5?,13-7?,13-8+. The van der Waals surface area contributed by atoms with E-state index in [0.717, 1.165) is 11.9 Å². The summed E-state index contributed by atoms with van der Waals surface area (Å²) in [7, 11) is 0. The molecule has 0 radical (unpaired) electrons. The molecule has 1 aliphatic heterocycles. The van der Waals surface area contributed by atoms with Gasteiger partial charge in [-0.2, -0.15) is 0 Å². The van der Waals surface area contributed by atoms with Crippen LogP contribution in [0.3, 0.4) is 0 Å². The monoisotopic (exact) mass is 232 g/mol. The van der Waals surface area contributed by atoms with Crippen molar-refractivity contribution in [2.75, 3.05) is 13.2 Å². The third-order valence-electron chi connectivity index (χ3n) is 2.78. The molecule has 0 aromatic heterocycles. The highest BCUT2D eigenvalue weighted by atomic mass is 16.7. The van der Waals surface area contributed by atoms with Gasteiger partial charge < -0.3 is 14.3 Å². The molecule has 17 heavy (non-hydrogen) atoms. The van der Waals surface area contributed by atoms with Gasteiger partial charge in [0, 0.05) is 18.4 Å². The Bertz CT molecular complexity index is 382. The van der Waals surface area contributed by atoms with Crippen molar-refractivity contribution in [1.29, 1.82) is 0 Å². The Labute approximate surface area is 101 Å². The van der Waals surface area contributed by atoms with E-state index < -0.39 is 5.79 Å². The molecule has 0 atom stereocenters. The van der Waals surface area contributed by atoms with Gasteiger partial charge in [-0.15, -0.1) is 0 Å². The SMILES string of the molecule is O=CCCC1(C2=C/C=C\C=C/C=C\2)OCCO1. The lowest BCUT2D eigenvalue weighted by molar-refractivity contribution is -0.133. The van der Waals surface area contributed by atoms with E-state index in [1.54, 1.807) is 0 Å². The normalized spacial score (nSPS) is 30.7. The number of ether oxygens (including phenoxy) is 2. The van der Waals surface area contributed by atoms with Gasteiger partial charge in [-0.05, 0) is 0 Å². The first-order valence-corrected chi connectivity index (χ1v) is 5.81. The second kappa shape index (κ2) is 5.75. The first kappa shape index (κ1) is 12.0. The molecule has 0 amide bonds. The number of hydrogen-bond acceptors (Lipinski definition) is 3. The smallest absolute Gasteiger partial charge is 0.195 e. The minimum absolute atomic E-state index is 0.435. The Morgan fingerprint density at radius 2 is 1.82 bits per heavy atom. The maximum absolute atomic E-state index is 10.5. The third-order valence-corrected chi connectivity index (χ3v) is 2.78. The Morgan fingerprint density at radius 3 is 2.59 bits per heavy atom. The van der Waals surface area contributed by atoms with Crippen molar-refractivity contribution < 1.29 is 14.3 Å². The van der Waals surface area contributed by atoms with Gasteiger partial charge in [0.1, 0.15) is 6.29 Å². The van der Waals surface area contributed by atoms with Crippen molar-refractivity contribution in [3.63, 3.8) is 0 Å². The van der Waals surface area contributed by atoms with Crippen LogP contribution in [0.1, 0.15) is 12.8 Å². The first-order chi connectivity index (χ1) is 8.37. The highest BCUT2D eigenvalue weighted by Gasteiger charge is 2.38. The summed E-state index contributed by atoms with van der Waals surface area (Å²) in [6.45, 7) is 1.15. The number of hydrogen-bond donors (Lipinski definition) is 0. The van der Waals surface area contributed by atoms with Crippen LogP contribution in [-0.4, -0.2) is 25.3 Å². The average molecular weight is 232 g/mol. The van der Waals surface area contributed by atoms with E-state index in [9.17, 15) is 4.79 Å². The Morgan fingerprint density at radius 1 is 1.12 bits per heavy atom. The Balaban J connectivity index is 2.22. The fourth-order valence-electron chi connectivity index (χ4n) is 1.98. The zero-order chi connectivity index (χ0) is 12.0. The van der Waals surface area contributed by atoms with Gasteiger partial charge >= 0.3 is 0 Å². The fraction of sp³-hybridized carbons (Fsp3) is 0.357. The predicted octanol–water partition coefficient (Wildman–Crippen LogP) is 2.32. The maximum Gasteiger partial charge on any atom is 0.195 e. The molecule has 0 unspecified atom stereocenters. The lowest BCUT2D eigenvalue weighted by Gasteiger charge is -2.28. The second-order valence-corrected chi connectivity index (χ2v) is 3.91. The van der Waals surface area contributed by atoms with E-state index in [-0.39, 0.29) is 0 Å². The van der Waals surface area contributed by atoms with E-state index in [4.69, 9.17) is 9.47 Å². The van der Waals surface area contributed by atoms with Crippen LogP contribution in [0.2, 0.25) is 0 Å². The zero-order valence-corrected chi connectivity index (χ0v) is 9.67. The van der Waals surface area contributed by atoms with Crippen molar-refractivity contribution in [3.8, 4) is 0 Å². The number of aldehydes is 1. The van der Waals surface area contributed by atoms with Crippen molar-refractivity contribution in [1.82, 2.24) is 0 Å². The fourth-order valence-corrected chi connectivity index (χ4v) is 1.98. The molecule has 3 heteroatoms. The molecule has 2 rings (SSSR count). The van der Waals surface area contributed by atoms with Crippen LogP contribution in [0.5, 0.6) is 0 Å². The van der Waals surface area contributed by atoms with Gasteiger partial charge in [0.15, 0.2) is 5.79 Å². The summed E-state index contributed by atoms with van der Waals surface area (Å²) >= 11 is 0. The quantitative estimate of drug-likeness (QED) is 0.698. The van der Waals surface area contributed by atoms with Gasteiger partial charge in [-0.1, -0.05) is 42.5 Å². The van der Waals surface area contributed by atoms with Crippen molar-refractivity contribution in [2.24, 2.45) is 0 Å². The van der Waals surface area contributed by atoms with E-state index in [1.807, 2.05) is 42.5 Å². The first-order valence-electron chi connectivity index (χ1n) is 5.81. The summed E-state index contributed by atoms with van der Waals surface area (Å²) in [5, 5.41) is 0. The van der Waals surface area contributed by atoms with Crippen molar-refractivity contribution in [2.45, 2.75) is 18.6 Å². The number of allylic oxidation sites excluding steroid dienone is 6. The van der Waals surface area contributed by atoms with E-state index in [2.05, 4.69) is 0 Å². The summed E-state index contributed by atoms with van der Waals surface area (Å²) in [5.74, 6) is -0.743. The van der Waals surface area contributed by atoms with Crippen LogP contribution >= 0.6 is 0 Å². The summed E-state index contributed by atoms with van der Waals surface area (Å²) in [5.41, 5.74) is 0.956. The van der Waals surface area contributed by atoms with Crippen LogP contribution in [0.25, 0.3) is 0 Å². The molecule has 0 aromatic carbocycles. The zero-order valence-electron chi connectivity index (χ0n) is 9.67. The Hall–Kier alpha value is -1.45. The lowest BCUT2D eigenvalue weighted by Crippen LogP contribution is -2.32. The topological polar surface area (TPSA) is 35.5 Å². The number of rotatable bonds is 4. The van der Waals surface area contributed by atoms with Crippen LogP contribution < -0.4 is 0 Å². The molecule has 3 nitrogen and oxygen atoms in total. The van der Waals surface area contributed by atoms with E-state index in [1.165, 1.54) is 0 Å². The van der Waals surface area contributed by atoms with Crippen molar-refractivity contribution >= 4 is 6.29 Å². The van der Waals surface area contributed by atoms with Gasteiger partial charge in [0.25, 0.3) is 0 Å². The summed E-state index contributed by atoms with van der Waals surface area (Å²) in [6, 6.07) is 0. The van der Waals surface area contributed by atoms with E-state index >= 15 is 0 Å². The summed E-state index contributed by atoms with van der Waals surface area (Å²) in [4.78, 5) is 10.5. The molecule has 0 N–H and O–H groups in total. The molecular weight excluding hydrogens is 216 g/mol. The number of carbonyl (C=O) groups excluding carboxylic acids is 1. The highest BCUT2D eigenvalue weighted by molar-refractivity contribution is 5.50. The maximum atomic E-state index is 10.5. The van der Waals surface area contributed by atoms with Gasteiger partial charge in [-0.3, -0.25) is 0 Å². The molecule has 0 saturated carbocycles. The minimum atomic E-state index is -0.743. The second-order valence-electron chi connectivity index (χ2n) is 3.91. The summed E-state index contributed by atoms with van der Waals surface area (Å²) in [6.07, 6.45) is 15.6. The van der Waals surface area contributed by atoms with Crippen LogP contribution in [0.4, 0.5) is 0 Å². The van der Waals surface area contributed by atoms with Crippen LogP contribution in [0, 0.1) is 0 Å². The molecule has 1 saturated heterocycles. The molecule has 1 heterocycles. The summed E-state index contributed by atoms with van der Waals surface area (Å²) < 4.78 is 11.4. The number of carbonyl (C=O) groups is 1. The molecule has 0 bridgehead atoms. The molecule has 0 spiro atoms. The molecule has 1 aliphatic carbocycles. The average Bonchev–Trinajstić information content (AvgIpc) is 2.75. The molecule has 2 aliphatic rings. The lowest BCUT2D eigenvalue weighted by atomic mass is 9.99. The van der Waals surface area contributed by atoms with Crippen LogP contribution in [-0.2, 0) is 14.3 Å². The van der Waals surface area contributed by atoms with E-state index in [0.29, 0.717) is 26.1 Å². The largest absolute Gasteiger partial charge is 0.343 e. The van der Waals surface area contributed by atoms with Crippen LogP contribution in [0.15, 0.2) is 48.1 Å². The van der Waals surface area contributed by atoms with Gasteiger partial charge in [0.05, 0.1) is 13.2 Å². The molecule has 1 fully saturated rings. The van der Waals surface area contributed by atoms with Gasteiger partial charge in [0.2, 0.25) is 0 Å². The van der Waals surface area contributed by atoms with Crippen molar-refractivity contribution in [3.05, 3.63) is 48.1 Å². The predicted molar refractivity (Wildman–Crippen MR) is 65.4 cm³/mol. The minimum Gasteiger partial charge on any atom is -0.343 e.